The minimum atomic E-state index is -0.635. The van der Waals surface area contributed by atoms with Crippen molar-refractivity contribution in [3.05, 3.63) is 42.0 Å². The highest BCUT2D eigenvalue weighted by molar-refractivity contribution is 5.08. The molecule has 0 fully saturated rings. The van der Waals surface area contributed by atoms with Gasteiger partial charge in [0.25, 0.3) is 0 Å². The van der Waals surface area contributed by atoms with Crippen LogP contribution in [0.3, 0.4) is 0 Å². The van der Waals surface area contributed by atoms with Crippen molar-refractivity contribution >= 4 is 0 Å². The Kier molecular flexibility index (Phi) is 3.49. The summed E-state index contributed by atoms with van der Waals surface area (Å²) in [7, 11) is 0. The van der Waals surface area contributed by atoms with Gasteiger partial charge in [0.1, 0.15) is 17.8 Å². The summed E-state index contributed by atoms with van der Waals surface area (Å²) < 4.78 is 2.01. The Bertz CT molecular complexity index is 495. The van der Waals surface area contributed by atoms with Gasteiger partial charge in [-0.25, -0.2) is 15.0 Å². The number of nitrogens with zero attached hydrogens (tertiary/aromatic N) is 4. The second-order valence-electron chi connectivity index (χ2n) is 3.88. The van der Waals surface area contributed by atoms with Crippen molar-refractivity contribution in [2.45, 2.75) is 32.9 Å². The standard InChI is InChI=1S/C12H16N4O/c1-3-16-7-6-14-12(16)8-11(17)10-4-5-13-9(2)15-10/h4-7,11,17H,3,8H2,1-2H3. The maximum atomic E-state index is 10.1. The SMILES string of the molecule is CCn1ccnc1CC(O)c1ccnc(C)n1. The second-order valence-corrected chi connectivity index (χ2v) is 3.88. The van der Waals surface area contributed by atoms with Crippen molar-refractivity contribution in [2.24, 2.45) is 0 Å². The molecule has 0 aliphatic carbocycles. The van der Waals surface area contributed by atoms with E-state index in [1.165, 1.54) is 0 Å². The lowest BCUT2D eigenvalue weighted by Crippen LogP contribution is -2.10. The molecule has 5 nitrogen and oxygen atoms in total. The molecule has 0 aliphatic heterocycles. The number of aromatic nitrogens is 4. The van der Waals surface area contributed by atoms with Crippen LogP contribution in [0.4, 0.5) is 0 Å². The van der Waals surface area contributed by atoms with Gasteiger partial charge in [0.05, 0.1) is 5.69 Å². The number of aliphatic hydroxyl groups excluding tert-OH is 1. The summed E-state index contributed by atoms with van der Waals surface area (Å²) >= 11 is 0. The van der Waals surface area contributed by atoms with Crippen molar-refractivity contribution in [3.63, 3.8) is 0 Å². The number of aryl methyl sites for hydroxylation is 2. The molecule has 1 N–H and O–H groups in total. The summed E-state index contributed by atoms with van der Waals surface area (Å²) in [6, 6.07) is 1.73. The smallest absolute Gasteiger partial charge is 0.125 e. The fourth-order valence-electron chi connectivity index (χ4n) is 1.76. The highest BCUT2D eigenvalue weighted by Gasteiger charge is 2.13. The molecule has 90 valence electrons. The minimum Gasteiger partial charge on any atom is -0.386 e. The number of hydrogen-bond acceptors (Lipinski definition) is 4. The van der Waals surface area contributed by atoms with Gasteiger partial charge < -0.3 is 9.67 Å². The Balaban J connectivity index is 2.14. The van der Waals surface area contributed by atoms with Gasteiger partial charge in [0.2, 0.25) is 0 Å². The molecule has 0 amide bonds. The molecule has 1 atom stereocenters. The van der Waals surface area contributed by atoms with E-state index in [1.54, 1.807) is 18.5 Å². The van der Waals surface area contributed by atoms with Gasteiger partial charge in [-0.1, -0.05) is 0 Å². The summed E-state index contributed by atoms with van der Waals surface area (Å²) in [5.41, 5.74) is 0.642. The number of aliphatic hydroxyl groups is 1. The fraction of sp³-hybridized carbons (Fsp3) is 0.417. The van der Waals surface area contributed by atoms with Crippen LogP contribution in [0, 0.1) is 6.92 Å². The van der Waals surface area contributed by atoms with Crippen molar-refractivity contribution < 1.29 is 5.11 Å². The Hall–Kier alpha value is -1.75. The molecule has 0 aromatic carbocycles. The van der Waals surface area contributed by atoms with E-state index in [-0.39, 0.29) is 0 Å². The zero-order valence-corrected chi connectivity index (χ0v) is 10.0. The first kappa shape index (κ1) is 11.7. The molecular weight excluding hydrogens is 216 g/mol. The third-order valence-electron chi connectivity index (χ3n) is 2.66. The predicted octanol–water partition coefficient (Wildman–Crippen LogP) is 1.28. The molecule has 2 aromatic heterocycles. The van der Waals surface area contributed by atoms with Crippen molar-refractivity contribution in [2.75, 3.05) is 0 Å². The molecule has 2 heterocycles. The summed E-state index contributed by atoms with van der Waals surface area (Å²) in [6.07, 6.45) is 5.15. The van der Waals surface area contributed by atoms with E-state index in [1.807, 2.05) is 24.6 Å². The minimum absolute atomic E-state index is 0.470. The molecule has 0 saturated carbocycles. The van der Waals surface area contributed by atoms with Gasteiger partial charge >= 0.3 is 0 Å². The second kappa shape index (κ2) is 5.05. The van der Waals surface area contributed by atoms with Crippen LogP contribution >= 0.6 is 0 Å². The lowest BCUT2D eigenvalue weighted by atomic mass is 10.1. The van der Waals surface area contributed by atoms with Crippen LogP contribution in [0.2, 0.25) is 0 Å². The molecule has 1 unspecified atom stereocenters. The van der Waals surface area contributed by atoms with Crippen molar-refractivity contribution in [1.29, 1.82) is 0 Å². The number of imidazole rings is 1. The Morgan fingerprint density at radius 2 is 2.18 bits per heavy atom. The maximum Gasteiger partial charge on any atom is 0.125 e. The van der Waals surface area contributed by atoms with Gasteiger partial charge in [-0.15, -0.1) is 0 Å². The Morgan fingerprint density at radius 3 is 2.88 bits per heavy atom. The van der Waals surface area contributed by atoms with Crippen LogP contribution in [-0.2, 0) is 13.0 Å². The monoisotopic (exact) mass is 232 g/mol. The van der Waals surface area contributed by atoms with Crippen LogP contribution in [-0.4, -0.2) is 24.6 Å². The molecular formula is C12H16N4O. The first-order chi connectivity index (χ1) is 8.20. The first-order valence-corrected chi connectivity index (χ1v) is 5.68. The number of hydrogen-bond donors (Lipinski definition) is 1. The van der Waals surface area contributed by atoms with Crippen LogP contribution < -0.4 is 0 Å². The zero-order chi connectivity index (χ0) is 12.3. The lowest BCUT2D eigenvalue weighted by Gasteiger charge is -2.11. The van der Waals surface area contributed by atoms with Crippen LogP contribution in [0.15, 0.2) is 24.7 Å². The van der Waals surface area contributed by atoms with Gasteiger partial charge in [-0.05, 0) is 19.9 Å². The summed E-state index contributed by atoms with van der Waals surface area (Å²) in [5.74, 6) is 1.54. The molecule has 17 heavy (non-hydrogen) atoms. The predicted molar refractivity (Wildman–Crippen MR) is 63.3 cm³/mol. The van der Waals surface area contributed by atoms with E-state index in [0.717, 1.165) is 12.4 Å². The molecule has 0 bridgehead atoms. The van der Waals surface area contributed by atoms with Crippen LogP contribution in [0.1, 0.15) is 30.4 Å². The number of rotatable bonds is 4. The largest absolute Gasteiger partial charge is 0.386 e. The molecule has 5 heteroatoms. The Morgan fingerprint density at radius 1 is 1.35 bits per heavy atom. The quantitative estimate of drug-likeness (QED) is 0.862. The molecule has 0 radical (unpaired) electrons. The molecule has 2 rings (SSSR count). The highest BCUT2D eigenvalue weighted by Crippen LogP contribution is 2.15. The fourth-order valence-corrected chi connectivity index (χ4v) is 1.76. The molecule has 0 saturated heterocycles. The molecule has 2 aromatic rings. The van der Waals surface area contributed by atoms with E-state index in [4.69, 9.17) is 0 Å². The molecule has 0 aliphatic rings. The summed E-state index contributed by atoms with van der Waals surface area (Å²) in [6.45, 7) is 4.71. The maximum absolute atomic E-state index is 10.1. The van der Waals surface area contributed by atoms with Crippen LogP contribution in [0.5, 0.6) is 0 Å². The van der Waals surface area contributed by atoms with E-state index in [9.17, 15) is 5.11 Å². The average Bonchev–Trinajstić information content (AvgIpc) is 2.76. The Labute approximate surface area is 100 Å². The highest BCUT2D eigenvalue weighted by atomic mass is 16.3. The molecule has 0 spiro atoms. The topological polar surface area (TPSA) is 63.8 Å². The summed E-state index contributed by atoms with van der Waals surface area (Å²) in [4.78, 5) is 12.5. The van der Waals surface area contributed by atoms with Gasteiger partial charge in [0.15, 0.2) is 0 Å². The first-order valence-electron chi connectivity index (χ1n) is 5.68. The third kappa shape index (κ3) is 2.68. The normalized spacial score (nSPS) is 12.6. The summed E-state index contributed by atoms with van der Waals surface area (Å²) in [5, 5.41) is 10.1. The van der Waals surface area contributed by atoms with Gasteiger partial charge in [-0.2, -0.15) is 0 Å². The van der Waals surface area contributed by atoms with Gasteiger partial charge in [0, 0.05) is 31.6 Å². The van der Waals surface area contributed by atoms with Crippen LogP contribution in [0.25, 0.3) is 0 Å². The van der Waals surface area contributed by atoms with Crippen molar-refractivity contribution in [3.8, 4) is 0 Å². The zero-order valence-electron chi connectivity index (χ0n) is 10.0. The van der Waals surface area contributed by atoms with E-state index in [2.05, 4.69) is 15.0 Å². The average molecular weight is 232 g/mol. The third-order valence-corrected chi connectivity index (χ3v) is 2.66. The van der Waals surface area contributed by atoms with Gasteiger partial charge in [-0.3, -0.25) is 0 Å². The van der Waals surface area contributed by atoms with E-state index in [0.29, 0.717) is 17.9 Å². The van der Waals surface area contributed by atoms with E-state index >= 15 is 0 Å². The van der Waals surface area contributed by atoms with E-state index < -0.39 is 6.10 Å². The van der Waals surface area contributed by atoms with Crippen molar-refractivity contribution in [1.82, 2.24) is 19.5 Å². The lowest BCUT2D eigenvalue weighted by molar-refractivity contribution is 0.169.